The molecule has 0 spiro atoms. The molecule has 0 unspecified atom stereocenters. The molecule has 0 aromatic heterocycles. The molecule has 0 aliphatic rings. The number of carbonyl (C=O) groups is 1. The van der Waals surface area contributed by atoms with Crippen LogP contribution < -0.4 is 4.74 Å². The van der Waals surface area contributed by atoms with Gasteiger partial charge in [0, 0.05) is 12.5 Å². The molecule has 0 atom stereocenters. The van der Waals surface area contributed by atoms with Gasteiger partial charge in [0.05, 0.1) is 12.7 Å². The molecule has 4 heteroatoms. The topological polar surface area (TPSA) is 26.3 Å². The molecule has 0 saturated heterocycles. The van der Waals surface area contributed by atoms with Gasteiger partial charge in [0.1, 0.15) is 5.75 Å². The van der Waals surface area contributed by atoms with Crippen LogP contribution in [0.2, 0.25) is 0 Å². The zero-order chi connectivity index (χ0) is 13.2. The van der Waals surface area contributed by atoms with Gasteiger partial charge in [-0.1, -0.05) is 20.8 Å². The van der Waals surface area contributed by atoms with Crippen molar-refractivity contribution in [1.82, 2.24) is 0 Å². The van der Waals surface area contributed by atoms with E-state index in [2.05, 4.69) is 0 Å². The summed E-state index contributed by atoms with van der Waals surface area (Å²) < 4.78 is 31.0. The Hall–Kier alpha value is -1.45. The van der Waals surface area contributed by atoms with Crippen LogP contribution in [0, 0.1) is 17.0 Å². The number of halogens is 2. The maximum Gasteiger partial charge on any atom is 0.167 e. The van der Waals surface area contributed by atoms with E-state index in [4.69, 9.17) is 4.74 Å². The average molecular weight is 242 g/mol. The van der Waals surface area contributed by atoms with E-state index >= 15 is 0 Å². The minimum Gasteiger partial charge on any atom is -0.496 e. The van der Waals surface area contributed by atoms with Gasteiger partial charge in [-0.25, -0.2) is 8.78 Å². The molecular formula is C13H16F2O2. The number of methoxy groups -OCH3 is 1. The van der Waals surface area contributed by atoms with Crippen LogP contribution in [0.25, 0.3) is 0 Å². The fraction of sp³-hybridized carbons (Fsp3) is 0.462. The Balaban J connectivity index is 3.12. The molecule has 0 radical (unpaired) electrons. The third kappa shape index (κ3) is 3.51. The van der Waals surface area contributed by atoms with Crippen molar-refractivity contribution >= 4 is 5.78 Å². The van der Waals surface area contributed by atoms with Crippen LogP contribution >= 0.6 is 0 Å². The first-order valence-corrected chi connectivity index (χ1v) is 5.31. The molecule has 0 amide bonds. The van der Waals surface area contributed by atoms with Gasteiger partial charge in [0.15, 0.2) is 17.4 Å². The second-order valence-corrected chi connectivity index (χ2v) is 5.13. The van der Waals surface area contributed by atoms with Gasteiger partial charge < -0.3 is 4.74 Å². The van der Waals surface area contributed by atoms with Gasteiger partial charge in [-0.2, -0.15) is 0 Å². The molecule has 0 saturated carbocycles. The minimum absolute atomic E-state index is 0.0677. The molecule has 0 fully saturated rings. The zero-order valence-electron chi connectivity index (χ0n) is 10.4. The molecule has 1 rings (SSSR count). The number of ether oxygens (including phenoxy) is 1. The van der Waals surface area contributed by atoms with Crippen LogP contribution in [0.3, 0.4) is 0 Å². The predicted octanol–water partition coefficient (Wildman–Crippen LogP) is 3.59. The van der Waals surface area contributed by atoms with E-state index in [-0.39, 0.29) is 28.9 Å². The first-order valence-electron chi connectivity index (χ1n) is 5.31. The minimum atomic E-state index is -1.04. The van der Waals surface area contributed by atoms with Crippen molar-refractivity contribution in [2.24, 2.45) is 5.41 Å². The Kier molecular flexibility index (Phi) is 3.86. The normalized spacial score (nSPS) is 11.4. The van der Waals surface area contributed by atoms with Crippen molar-refractivity contribution in [2.45, 2.75) is 27.2 Å². The second kappa shape index (κ2) is 4.82. The summed E-state index contributed by atoms with van der Waals surface area (Å²) in [4.78, 5) is 11.9. The van der Waals surface area contributed by atoms with Crippen LogP contribution in [0.15, 0.2) is 12.1 Å². The SMILES string of the molecule is COc1cc(F)c(F)cc1C(=O)CC(C)(C)C. The lowest BCUT2D eigenvalue weighted by Gasteiger charge is -2.17. The van der Waals surface area contributed by atoms with E-state index in [1.165, 1.54) is 7.11 Å². The van der Waals surface area contributed by atoms with Crippen LogP contribution in [-0.4, -0.2) is 12.9 Å². The lowest BCUT2D eigenvalue weighted by molar-refractivity contribution is 0.0936. The second-order valence-electron chi connectivity index (χ2n) is 5.13. The fourth-order valence-electron chi connectivity index (χ4n) is 1.49. The van der Waals surface area contributed by atoms with Crippen molar-refractivity contribution in [3.05, 3.63) is 29.3 Å². The number of ketones is 1. The van der Waals surface area contributed by atoms with E-state index in [1.54, 1.807) is 0 Å². The highest BCUT2D eigenvalue weighted by Gasteiger charge is 2.22. The summed E-state index contributed by atoms with van der Waals surface area (Å²) in [5, 5.41) is 0. The quantitative estimate of drug-likeness (QED) is 0.757. The van der Waals surface area contributed by atoms with Crippen molar-refractivity contribution in [2.75, 3.05) is 7.11 Å². The summed E-state index contributed by atoms with van der Waals surface area (Å²) in [6.45, 7) is 5.70. The Labute approximate surface area is 99.6 Å². The molecule has 0 N–H and O–H groups in total. The molecule has 2 nitrogen and oxygen atoms in total. The zero-order valence-corrected chi connectivity index (χ0v) is 10.4. The smallest absolute Gasteiger partial charge is 0.167 e. The molecule has 17 heavy (non-hydrogen) atoms. The monoisotopic (exact) mass is 242 g/mol. The van der Waals surface area contributed by atoms with Crippen molar-refractivity contribution in [3.8, 4) is 5.75 Å². The fourth-order valence-corrected chi connectivity index (χ4v) is 1.49. The molecule has 0 aliphatic heterocycles. The number of carbonyl (C=O) groups excluding carboxylic acids is 1. The largest absolute Gasteiger partial charge is 0.496 e. The number of Topliss-reactive ketones (excluding diaryl/α,β-unsaturated/α-hetero) is 1. The lowest BCUT2D eigenvalue weighted by atomic mass is 9.87. The third-order valence-electron chi connectivity index (χ3n) is 2.23. The van der Waals surface area contributed by atoms with Crippen molar-refractivity contribution in [1.29, 1.82) is 0 Å². The lowest BCUT2D eigenvalue weighted by Crippen LogP contribution is -2.14. The highest BCUT2D eigenvalue weighted by Crippen LogP contribution is 2.27. The first kappa shape index (κ1) is 13.6. The molecule has 0 bridgehead atoms. The van der Waals surface area contributed by atoms with Gasteiger partial charge in [-0.15, -0.1) is 0 Å². The van der Waals surface area contributed by atoms with Crippen molar-refractivity contribution in [3.63, 3.8) is 0 Å². The van der Waals surface area contributed by atoms with Crippen LogP contribution in [0.4, 0.5) is 8.78 Å². The summed E-state index contributed by atoms with van der Waals surface area (Å²) >= 11 is 0. The van der Waals surface area contributed by atoms with Gasteiger partial charge in [-0.05, 0) is 11.5 Å². The highest BCUT2D eigenvalue weighted by molar-refractivity contribution is 5.99. The first-order chi connectivity index (χ1) is 7.74. The number of hydrogen-bond donors (Lipinski definition) is 0. The van der Waals surface area contributed by atoms with Crippen LogP contribution in [0.5, 0.6) is 5.75 Å². The van der Waals surface area contributed by atoms with Gasteiger partial charge >= 0.3 is 0 Å². The maximum atomic E-state index is 13.1. The molecule has 0 heterocycles. The summed E-state index contributed by atoms with van der Waals surface area (Å²) in [7, 11) is 1.32. The molecule has 94 valence electrons. The number of hydrogen-bond acceptors (Lipinski definition) is 2. The van der Waals surface area contributed by atoms with E-state index in [9.17, 15) is 13.6 Å². The predicted molar refractivity (Wildman–Crippen MR) is 61.3 cm³/mol. The van der Waals surface area contributed by atoms with E-state index < -0.39 is 11.6 Å². The molecular weight excluding hydrogens is 226 g/mol. The molecule has 1 aromatic carbocycles. The summed E-state index contributed by atoms with van der Waals surface area (Å²) in [6, 6.07) is 1.79. The molecule has 1 aromatic rings. The van der Waals surface area contributed by atoms with E-state index in [0.29, 0.717) is 0 Å². The standard InChI is InChI=1S/C13H16F2O2/c1-13(2,3)7-11(16)8-5-9(14)10(15)6-12(8)17-4/h5-6H,7H2,1-4H3. The Morgan fingerprint density at radius 3 is 2.24 bits per heavy atom. The van der Waals surface area contributed by atoms with Crippen molar-refractivity contribution < 1.29 is 18.3 Å². The Morgan fingerprint density at radius 2 is 1.76 bits per heavy atom. The van der Waals surface area contributed by atoms with Gasteiger partial charge in [0.2, 0.25) is 0 Å². The summed E-state index contributed by atoms with van der Waals surface area (Å²) in [5.41, 5.74) is -0.131. The van der Waals surface area contributed by atoms with E-state index in [0.717, 1.165) is 12.1 Å². The number of benzene rings is 1. The number of rotatable bonds is 3. The van der Waals surface area contributed by atoms with Crippen LogP contribution in [0.1, 0.15) is 37.6 Å². The summed E-state index contributed by atoms with van der Waals surface area (Å²) in [5.74, 6) is -2.25. The molecule has 0 aliphatic carbocycles. The Bertz CT molecular complexity index is 434. The third-order valence-corrected chi connectivity index (χ3v) is 2.23. The van der Waals surface area contributed by atoms with E-state index in [1.807, 2.05) is 20.8 Å². The highest BCUT2D eigenvalue weighted by atomic mass is 19.2. The maximum absolute atomic E-state index is 13.1. The summed E-state index contributed by atoms with van der Waals surface area (Å²) in [6.07, 6.45) is 0.244. The average Bonchev–Trinajstić information content (AvgIpc) is 2.18. The Morgan fingerprint density at radius 1 is 1.24 bits per heavy atom. The van der Waals surface area contributed by atoms with Gasteiger partial charge in [0.25, 0.3) is 0 Å². The van der Waals surface area contributed by atoms with Crippen LogP contribution in [-0.2, 0) is 0 Å². The van der Waals surface area contributed by atoms with Gasteiger partial charge in [-0.3, -0.25) is 4.79 Å².